The number of carbonyl (C=O) groups is 3. The first-order chi connectivity index (χ1) is 15.0. The minimum Gasteiger partial charge on any atom is -0.466 e. The summed E-state index contributed by atoms with van der Waals surface area (Å²) in [4.78, 5) is 41.7. The summed E-state index contributed by atoms with van der Waals surface area (Å²) in [5.74, 6) is -0.880. The number of aliphatic imine (C=N–C) groups is 1. The van der Waals surface area contributed by atoms with Gasteiger partial charge in [0.1, 0.15) is 0 Å². The van der Waals surface area contributed by atoms with E-state index < -0.39 is 24.3 Å². The topological polar surface area (TPSA) is 107 Å². The van der Waals surface area contributed by atoms with E-state index in [1.165, 1.54) is 0 Å². The van der Waals surface area contributed by atoms with Gasteiger partial charge in [0.05, 0.1) is 26.0 Å². The van der Waals surface area contributed by atoms with Gasteiger partial charge in [-0.25, -0.2) is 24.8 Å². The summed E-state index contributed by atoms with van der Waals surface area (Å²) in [5, 5.41) is 0.652. The van der Waals surface area contributed by atoms with E-state index in [2.05, 4.69) is 10.4 Å². The predicted molar refractivity (Wildman–Crippen MR) is 113 cm³/mol. The molecule has 2 rings (SSSR count). The molecule has 1 N–H and O–H groups in total. The van der Waals surface area contributed by atoms with Crippen LogP contribution < -0.4 is 5.43 Å². The second kappa shape index (κ2) is 12.0. The van der Waals surface area contributed by atoms with Crippen LogP contribution in [0.1, 0.15) is 25.0 Å². The van der Waals surface area contributed by atoms with Crippen molar-refractivity contribution < 1.29 is 28.6 Å². The van der Waals surface area contributed by atoms with Crippen molar-refractivity contribution in [3.05, 3.63) is 71.8 Å². The van der Waals surface area contributed by atoms with E-state index in [-0.39, 0.29) is 13.2 Å². The fourth-order valence-corrected chi connectivity index (χ4v) is 2.61. The Balaban J connectivity index is 2.60. The molecular weight excluding hydrogens is 402 g/mol. The van der Waals surface area contributed by atoms with Gasteiger partial charge in [0.15, 0.2) is 0 Å². The maximum absolute atomic E-state index is 12.6. The first-order valence-electron chi connectivity index (χ1n) is 9.67. The van der Waals surface area contributed by atoms with Gasteiger partial charge in [-0.1, -0.05) is 60.7 Å². The van der Waals surface area contributed by atoms with Crippen molar-refractivity contribution in [1.82, 2.24) is 10.4 Å². The van der Waals surface area contributed by atoms with Crippen LogP contribution in [0, 0.1) is 0 Å². The van der Waals surface area contributed by atoms with Gasteiger partial charge in [0.25, 0.3) is 0 Å². The summed E-state index contributed by atoms with van der Waals surface area (Å²) in [5.41, 5.74) is 4.02. The molecule has 31 heavy (non-hydrogen) atoms. The van der Waals surface area contributed by atoms with E-state index in [9.17, 15) is 14.4 Å². The zero-order valence-electron chi connectivity index (χ0n) is 17.6. The number of nitrogens with one attached hydrogen (secondary N) is 1. The lowest BCUT2D eigenvalue weighted by atomic mass is 10.0. The van der Waals surface area contributed by atoms with Gasteiger partial charge in [-0.15, -0.1) is 0 Å². The third kappa shape index (κ3) is 6.56. The molecule has 0 saturated carbocycles. The molecule has 0 radical (unpaired) electrons. The number of benzene rings is 2. The first-order valence-corrected chi connectivity index (χ1v) is 9.67. The van der Waals surface area contributed by atoms with Crippen LogP contribution in [-0.4, -0.2) is 55.4 Å². The van der Waals surface area contributed by atoms with Crippen molar-refractivity contribution in [3.63, 3.8) is 0 Å². The molecule has 0 aliphatic carbocycles. The third-order valence-corrected chi connectivity index (χ3v) is 3.95. The molecule has 0 bridgehead atoms. The highest BCUT2D eigenvalue weighted by atomic mass is 16.6. The number of esters is 1. The molecule has 0 spiro atoms. The number of methoxy groups -OCH3 is 1. The number of carbonyl (C=O) groups excluding carboxylic acids is 3. The summed E-state index contributed by atoms with van der Waals surface area (Å²) < 4.78 is 14.7. The average molecular weight is 427 g/mol. The molecule has 9 heteroatoms. The van der Waals surface area contributed by atoms with Crippen LogP contribution >= 0.6 is 0 Å². The minimum atomic E-state index is -1.57. The number of hydrogen-bond acceptors (Lipinski definition) is 7. The molecule has 0 saturated heterocycles. The van der Waals surface area contributed by atoms with Gasteiger partial charge < -0.3 is 14.2 Å². The summed E-state index contributed by atoms with van der Waals surface area (Å²) in [6, 6.07) is 18.2. The zero-order chi connectivity index (χ0) is 22.6. The average Bonchev–Trinajstić information content (AvgIpc) is 2.79. The number of hydrazine groups is 1. The molecule has 164 valence electrons. The molecule has 1 atom stereocenters. The van der Waals surface area contributed by atoms with Crippen molar-refractivity contribution >= 4 is 23.9 Å². The number of hydrogen-bond donors (Lipinski definition) is 1. The molecule has 0 fully saturated rings. The van der Waals surface area contributed by atoms with Gasteiger partial charge in [-0.05, 0) is 13.8 Å². The smallest absolute Gasteiger partial charge is 0.431 e. The van der Waals surface area contributed by atoms with E-state index in [0.29, 0.717) is 21.8 Å². The van der Waals surface area contributed by atoms with Gasteiger partial charge in [-0.2, -0.15) is 5.01 Å². The van der Waals surface area contributed by atoms with Gasteiger partial charge in [0, 0.05) is 11.1 Å². The standard InChI is InChI=1S/C22H25N3O6/c1-4-30-21(27)24-25(22(28)31-5-2)19(20(26)29-3)23-18(16-12-8-6-9-13-16)17-14-10-7-11-15-17/h6-15,19H,4-5H2,1-3H3,(H,24,27). The number of amides is 2. The lowest BCUT2D eigenvalue weighted by Gasteiger charge is -2.27. The molecule has 9 nitrogen and oxygen atoms in total. The van der Waals surface area contributed by atoms with Crippen molar-refractivity contribution in [2.45, 2.75) is 20.0 Å². The number of rotatable bonds is 7. The van der Waals surface area contributed by atoms with Crippen molar-refractivity contribution in [2.75, 3.05) is 20.3 Å². The minimum absolute atomic E-state index is 0.0155. The molecule has 2 amide bonds. The quantitative estimate of drug-likeness (QED) is 0.315. The molecule has 2 aromatic rings. The lowest BCUT2D eigenvalue weighted by molar-refractivity contribution is -0.147. The monoisotopic (exact) mass is 427 g/mol. The highest BCUT2D eigenvalue weighted by Crippen LogP contribution is 2.15. The van der Waals surface area contributed by atoms with Crippen molar-refractivity contribution in [1.29, 1.82) is 0 Å². The Morgan fingerprint density at radius 2 is 1.42 bits per heavy atom. The Morgan fingerprint density at radius 1 is 0.903 bits per heavy atom. The number of ether oxygens (including phenoxy) is 3. The fraction of sp³-hybridized carbons (Fsp3) is 0.273. The first kappa shape index (κ1) is 23.4. The van der Waals surface area contributed by atoms with Crippen LogP contribution in [0.15, 0.2) is 65.7 Å². The molecule has 0 aliphatic heterocycles. The van der Waals surface area contributed by atoms with Crippen LogP contribution in [0.4, 0.5) is 9.59 Å². The van der Waals surface area contributed by atoms with Crippen LogP contribution in [-0.2, 0) is 19.0 Å². The molecule has 2 aromatic carbocycles. The Kier molecular flexibility index (Phi) is 9.03. The fourth-order valence-electron chi connectivity index (χ4n) is 2.61. The van der Waals surface area contributed by atoms with E-state index in [1.807, 2.05) is 60.7 Å². The van der Waals surface area contributed by atoms with Crippen LogP contribution in [0.25, 0.3) is 0 Å². The molecule has 0 aromatic heterocycles. The van der Waals surface area contributed by atoms with E-state index in [4.69, 9.17) is 14.2 Å². The van der Waals surface area contributed by atoms with Gasteiger partial charge in [-0.3, -0.25) is 0 Å². The largest absolute Gasteiger partial charge is 0.466 e. The Hall–Kier alpha value is -3.88. The molecule has 0 aliphatic rings. The normalized spacial score (nSPS) is 10.9. The second-order valence-electron chi connectivity index (χ2n) is 6.01. The van der Waals surface area contributed by atoms with E-state index >= 15 is 0 Å². The Morgan fingerprint density at radius 3 is 1.87 bits per heavy atom. The zero-order valence-corrected chi connectivity index (χ0v) is 17.6. The van der Waals surface area contributed by atoms with E-state index in [1.54, 1.807) is 13.8 Å². The maximum atomic E-state index is 12.6. The molecular formula is C22H25N3O6. The summed E-state index contributed by atoms with van der Waals surface area (Å²) in [7, 11) is 1.16. The third-order valence-electron chi connectivity index (χ3n) is 3.95. The van der Waals surface area contributed by atoms with Crippen molar-refractivity contribution in [2.24, 2.45) is 4.99 Å². The highest BCUT2D eigenvalue weighted by Gasteiger charge is 2.34. The summed E-state index contributed by atoms with van der Waals surface area (Å²) in [6.45, 7) is 3.28. The van der Waals surface area contributed by atoms with Gasteiger partial charge >= 0.3 is 18.2 Å². The van der Waals surface area contributed by atoms with Crippen LogP contribution in [0.3, 0.4) is 0 Å². The predicted octanol–water partition coefficient (Wildman–Crippen LogP) is 3.14. The van der Waals surface area contributed by atoms with Crippen molar-refractivity contribution in [3.8, 4) is 0 Å². The van der Waals surface area contributed by atoms with Gasteiger partial charge in [0.2, 0.25) is 6.17 Å². The molecule has 0 heterocycles. The van der Waals surface area contributed by atoms with E-state index in [0.717, 1.165) is 7.11 Å². The Labute approximate surface area is 180 Å². The SMILES string of the molecule is CCOC(=O)NN(C(=O)OCC)C(N=C(c1ccccc1)c1ccccc1)C(=O)OC. The lowest BCUT2D eigenvalue weighted by Crippen LogP contribution is -2.55. The second-order valence-corrected chi connectivity index (χ2v) is 6.01. The molecule has 1 unspecified atom stereocenters. The highest BCUT2D eigenvalue weighted by molar-refractivity contribution is 6.13. The number of nitrogens with zero attached hydrogens (tertiary/aromatic N) is 2. The summed E-state index contributed by atoms with van der Waals surface area (Å²) >= 11 is 0. The maximum Gasteiger partial charge on any atom is 0.431 e. The van der Waals surface area contributed by atoms with Crippen LogP contribution in [0.5, 0.6) is 0 Å². The van der Waals surface area contributed by atoms with Crippen LogP contribution in [0.2, 0.25) is 0 Å². The Bertz CT molecular complexity index is 860. The summed E-state index contributed by atoms with van der Waals surface area (Å²) in [6.07, 6.45) is -3.50.